The van der Waals surface area contributed by atoms with Crippen LogP contribution in [0.15, 0.2) is 59.0 Å². The van der Waals surface area contributed by atoms with Crippen LogP contribution < -0.4 is 0 Å². The minimum Gasteiger partial charge on any atom is -0.491 e. The van der Waals surface area contributed by atoms with Crippen molar-refractivity contribution in [1.82, 2.24) is 0 Å². The van der Waals surface area contributed by atoms with E-state index in [0.29, 0.717) is 36.0 Å². The number of benzene rings is 1. The Morgan fingerprint density at radius 3 is 2.18 bits per heavy atom. The topological polar surface area (TPSA) is 84.3 Å². The highest BCUT2D eigenvalue weighted by Crippen LogP contribution is 2.17. The smallest absolute Gasteiger partial charge is 0.360 e. The lowest BCUT2D eigenvalue weighted by molar-refractivity contribution is -0.00823. The van der Waals surface area contributed by atoms with Crippen molar-refractivity contribution in [2.45, 2.75) is 39.5 Å². The number of ether oxygens (including phenoxy) is 2. The van der Waals surface area contributed by atoms with Gasteiger partial charge >= 0.3 is 5.71 Å². The van der Waals surface area contributed by atoms with E-state index in [1.165, 1.54) is 0 Å². The predicted molar refractivity (Wildman–Crippen MR) is 112 cm³/mol. The molecule has 7 heteroatoms. The molecule has 0 saturated carbocycles. The molecule has 0 bridgehead atoms. The summed E-state index contributed by atoms with van der Waals surface area (Å²) in [7, 11) is 0. The third-order valence-corrected chi connectivity index (χ3v) is 3.90. The summed E-state index contributed by atoms with van der Waals surface area (Å²) in [5.74, 6) is 0.390. The Morgan fingerprint density at radius 2 is 1.61 bits per heavy atom. The maximum Gasteiger partial charge on any atom is 0.360 e. The first-order valence-electron chi connectivity index (χ1n) is 9.29. The highest BCUT2D eigenvalue weighted by molar-refractivity contribution is 6.23. The number of aliphatic imine (C=N–C) groups is 1. The van der Waals surface area contributed by atoms with Gasteiger partial charge in [-0.05, 0) is 25.0 Å². The molecule has 0 heterocycles. The summed E-state index contributed by atoms with van der Waals surface area (Å²) >= 11 is 0. The minimum atomic E-state index is -0.371. The first-order valence-corrected chi connectivity index (χ1v) is 9.29. The Kier molecular flexibility index (Phi) is 10.6. The molecule has 0 radical (unpaired) electrons. The summed E-state index contributed by atoms with van der Waals surface area (Å²) in [5, 5.41) is 0. The van der Waals surface area contributed by atoms with Gasteiger partial charge in [0, 0.05) is 11.6 Å². The largest absolute Gasteiger partial charge is 0.491 e. The molecule has 0 unspecified atom stereocenters. The van der Waals surface area contributed by atoms with Gasteiger partial charge in [-0.3, -0.25) is 4.79 Å². The molecule has 0 spiro atoms. The lowest BCUT2D eigenvalue weighted by atomic mass is 10.1. The van der Waals surface area contributed by atoms with Gasteiger partial charge in [0.1, 0.15) is 5.71 Å². The number of hydrogen-bond acceptors (Lipinski definition) is 3. The normalized spacial score (nSPS) is 14.5. The number of hydrogen-bond donors (Lipinski definition) is 0. The second kappa shape index (κ2) is 12.7. The highest BCUT2D eigenvalue weighted by Gasteiger charge is 2.26. The van der Waals surface area contributed by atoms with Gasteiger partial charge in [-0.2, -0.15) is 4.79 Å². The van der Waals surface area contributed by atoms with Crippen molar-refractivity contribution in [3.8, 4) is 0 Å². The molecule has 0 aliphatic heterocycles. The Morgan fingerprint density at radius 1 is 1.00 bits per heavy atom. The van der Waals surface area contributed by atoms with Gasteiger partial charge in [-0.25, -0.2) is 4.99 Å². The highest BCUT2D eigenvalue weighted by atomic mass is 35.5. The summed E-state index contributed by atoms with van der Waals surface area (Å²) in [6, 6.07) is 8.83. The van der Waals surface area contributed by atoms with E-state index in [4.69, 9.17) is 9.47 Å². The summed E-state index contributed by atoms with van der Waals surface area (Å²) < 4.78 is 11.5. The number of carbonyl (C=O) groups excluding carboxylic acids is 1. The second-order valence-electron chi connectivity index (χ2n) is 6.07. The summed E-state index contributed by atoms with van der Waals surface area (Å²) in [6.07, 6.45) is 6.83. The van der Waals surface area contributed by atoms with Crippen molar-refractivity contribution in [2.24, 2.45) is 4.99 Å². The van der Waals surface area contributed by atoms with E-state index < -0.39 is 0 Å². The fourth-order valence-corrected chi connectivity index (χ4v) is 2.34. The van der Waals surface area contributed by atoms with Gasteiger partial charge in [0.05, 0.1) is 19.3 Å². The van der Waals surface area contributed by atoms with Gasteiger partial charge in [0.15, 0.2) is 5.76 Å². The van der Waals surface area contributed by atoms with Crippen LogP contribution in [0.2, 0.25) is 0 Å². The first-order chi connectivity index (χ1) is 13.2. The third kappa shape index (κ3) is 6.80. The van der Waals surface area contributed by atoms with Crippen molar-refractivity contribution in [3.63, 3.8) is 0 Å². The zero-order valence-electron chi connectivity index (χ0n) is 16.3. The Hall–Kier alpha value is -2.69. The van der Waals surface area contributed by atoms with Crippen LogP contribution in [-0.2, 0) is 9.47 Å². The zero-order valence-corrected chi connectivity index (χ0v) is 17.1. The molecule has 28 heavy (non-hydrogen) atoms. The van der Waals surface area contributed by atoms with Gasteiger partial charge in [-0.15, -0.1) is 12.4 Å². The SMILES string of the molecule is CCCCOC1=CC(=[N+]=[N-])C(OCCCC)=CC1=NC(=O)c1ccccc1.Cl. The average Bonchev–Trinajstić information content (AvgIpc) is 2.70. The average molecular weight is 404 g/mol. The summed E-state index contributed by atoms with van der Waals surface area (Å²) in [6.45, 7) is 5.10. The molecule has 1 amide bonds. The van der Waals surface area contributed by atoms with E-state index in [2.05, 4.69) is 23.6 Å². The Labute approximate surface area is 172 Å². The van der Waals surface area contributed by atoms with Gasteiger partial charge in [-0.1, -0.05) is 44.9 Å². The number of halogens is 1. The lowest BCUT2D eigenvalue weighted by Gasteiger charge is -2.15. The number of amides is 1. The van der Waals surface area contributed by atoms with E-state index in [1.54, 1.807) is 36.4 Å². The molecule has 6 nitrogen and oxygen atoms in total. The maximum absolute atomic E-state index is 12.5. The molecule has 0 atom stereocenters. The molecule has 1 aromatic rings. The Bertz CT molecular complexity index is 794. The molecule has 150 valence electrons. The Balaban J connectivity index is 0.00000392. The van der Waals surface area contributed by atoms with Crippen molar-refractivity contribution < 1.29 is 19.1 Å². The zero-order chi connectivity index (χ0) is 19.5. The van der Waals surface area contributed by atoms with E-state index in [9.17, 15) is 10.3 Å². The standard InChI is InChI=1S/C21H25N3O3.ClH/c1-3-5-12-26-19-15-18(24-22)20(27-13-6-4-2)14-17(19)23-21(25)16-10-8-7-9-11-16;/h7-11,14-15H,3-6,12-13H2,1-2H3;1H. The van der Waals surface area contributed by atoms with Crippen LogP contribution in [-0.4, -0.2) is 35.3 Å². The van der Waals surface area contributed by atoms with Crippen LogP contribution >= 0.6 is 12.4 Å². The van der Waals surface area contributed by atoms with Gasteiger partial charge in [0.25, 0.3) is 5.91 Å². The monoisotopic (exact) mass is 403 g/mol. The maximum atomic E-state index is 12.5. The van der Waals surface area contributed by atoms with E-state index in [0.717, 1.165) is 25.7 Å². The van der Waals surface area contributed by atoms with Crippen LogP contribution in [0.5, 0.6) is 0 Å². The summed E-state index contributed by atoms with van der Waals surface area (Å²) in [5.41, 5.74) is 10.4. The third-order valence-electron chi connectivity index (χ3n) is 3.90. The molecule has 1 aromatic carbocycles. The number of carbonyl (C=O) groups is 1. The van der Waals surface area contributed by atoms with Crippen LogP contribution in [0.4, 0.5) is 0 Å². The van der Waals surface area contributed by atoms with Crippen LogP contribution in [0.3, 0.4) is 0 Å². The molecular formula is C21H26ClN3O3. The number of rotatable bonds is 9. The van der Waals surface area contributed by atoms with E-state index in [1.807, 2.05) is 6.07 Å². The van der Waals surface area contributed by atoms with Gasteiger partial charge < -0.3 is 15.0 Å². The molecule has 0 aromatic heterocycles. The van der Waals surface area contributed by atoms with E-state index in [-0.39, 0.29) is 24.0 Å². The quantitative estimate of drug-likeness (QED) is 0.257. The van der Waals surface area contributed by atoms with Crippen LogP contribution in [0.25, 0.3) is 5.53 Å². The van der Waals surface area contributed by atoms with Crippen molar-refractivity contribution in [2.75, 3.05) is 13.2 Å². The van der Waals surface area contributed by atoms with Gasteiger partial charge in [0.2, 0.25) is 5.76 Å². The molecule has 2 rings (SSSR count). The molecule has 0 N–H and O–H groups in total. The number of unbranched alkanes of at least 4 members (excludes halogenated alkanes) is 2. The first kappa shape index (κ1) is 23.3. The van der Waals surface area contributed by atoms with Crippen molar-refractivity contribution in [3.05, 3.63) is 65.1 Å². The lowest BCUT2D eigenvalue weighted by Crippen LogP contribution is -2.20. The van der Waals surface area contributed by atoms with Crippen LogP contribution in [0, 0.1) is 0 Å². The molecule has 1 aliphatic carbocycles. The van der Waals surface area contributed by atoms with E-state index >= 15 is 0 Å². The molecule has 0 fully saturated rings. The summed E-state index contributed by atoms with van der Waals surface area (Å²) in [4.78, 5) is 20.0. The molecular weight excluding hydrogens is 378 g/mol. The molecule has 1 aliphatic rings. The minimum absolute atomic E-state index is 0. The molecule has 0 saturated heterocycles. The number of allylic oxidation sites excluding steroid dienone is 2. The van der Waals surface area contributed by atoms with Crippen LogP contribution in [0.1, 0.15) is 49.9 Å². The number of nitrogens with zero attached hydrogens (tertiary/aromatic N) is 3. The fraction of sp³-hybridized carbons (Fsp3) is 0.381. The van der Waals surface area contributed by atoms with Crippen molar-refractivity contribution >= 4 is 29.7 Å². The predicted octanol–water partition coefficient (Wildman–Crippen LogP) is 4.78. The second-order valence-corrected chi connectivity index (χ2v) is 6.07. The fourth-order valence-electron chi connectivity index (χ4n) is 2.34. The van der Waals surface area contributed by atoms with Crippen molar-refractivity contribution in [1.29, 1.82) is 0 Å².